The summed E-state index contributed by atoms with van der Waals surface area (Å²) in [7, 11) is 0. The normalized spacial score (nSPS) is 13.4. The first-order valence-electron chi connectivity index (χ1n) is 7.27. The highest BCUT2D eigenvalue weighted by Crippen LogP contribution is 2.11. The van der Waals surface area contributed by atoms with Gasteiger partial charge in [0.1, 0.15) is 11.8 Å². The Balaban J connectivity index is 2.53. The van der Waals surface area contributed by atoms with Crippen LogP contribution < -0.4 is 22.5 Å². The number of unbranched alkanes of at least 4 members (excludes halogenated alkanes) is 1. The molecule has 7 heteroatoms. The molecular formula is C15H24N4O3. The number of primary amides is 1. The number of aromatic hydroxyl groups is 1. The summed E-state index contributed by atoms with van der Waals surface area (Å²) in [4.78, 5) is 23.4. The number of hydrogen-bond acceptors (Lipinski definition) is 5. The molecule has 1 aromatic carbocycles. The summed E-state index contributed by atoms with van der Waals surface area (Å²) in [6.45, 7) is 0.528. The summed E-state index contributed by atoms with van der Waals surface area (Å²) in [5.74, 6) is -0.859. The lowest BCUT2D eigenvalue weighted by atomic mass is 10.0. The van der Waals surface area contributed by atoms with Gasteiger partial charge in [-0.3, -0.25) is 9.59 Å². The van der Waals surface area contributed by atoms with Crippen molar-refractivity contribution in [2.75, 3.05) is 6.54 Å². The monoisotopic (exact) mass is 308 g/mol. The summed E-state index contributed by atoms with van der Waals surface area (Å²) >= 11 is 0. The standard InChI is InChI=1S/C15H24N4O3/c16-8-2-1-3-13(14(18)21)19-15(22)12(17)9-10-4-6-11(20)7-5-10/h4-7,12-13,20H,1-3,8-9,16-17H2,(H2,18,21)(H,19,22)/t12-,13-/m0/s1. The number of rotatable bonds is 9. The molecule has 1 aromatic rings. The predicted octanol–water partition coefficient (Wildman–Crippen LogP) is -0.639. The second-order valence-corrected chi connectivity index (χ2v) is 5.23. The van der Waals surface area contributed by atoms with Crippen molar-refractivity contribution >= 4 is 11.8 Å². The number of hydrogen-bond donors (Lipinski definition) is 5. The fourth-order valence-corrected chi connectivity index (χ4v) is 2.04. The fourth-order valence-electron chi connectivity index (χ4n) is 2.04. The van der Waals surface area contributed by atoms with E-state index in [2.05, 4.69) is 5.32 Å². The minimum atomic E-state index is -0.791. The largest absolute Gasteiger partial charge is 0.508 e. The molecule has 0 aliphatic carbocycles. The average molecular weight is 308 g/mol. The van der Waals surface area contributed by atoms with Crippen LogP contribution in [0.3, 0.4) is 0 Å². The lowest BCUT2D eigenvalue weighted by molar-refractivity contribution is -0.128. The van der Waals surface area contributed by atoms with Crippen molar-refractivity contribution in [1.82, 2.24) is 5.32 Å². The van der Waals surface area contributed by atoms with Gasteiger partial charge in [-0.25, -0.2) is 0 Å². The smallest absolute Gasteiger partial charge is 0.240 e. The molecule has 122 valence electrons. The molecule has 1 rings (SSSR count). The van der Waals surface area contributed by atoms with Gasteiger partial charge in [-0.15, -0.1) is 0 Å². The minimum Gasteiger partial charge on any atom is -0.508 e. The fraction of sp³-hybridized carbons (Fsp3) is 0.467. The van der Waals surface area contributed by atoms with Gasteiger partial charge >= 0.3 is 0 Å². The molecule has 0 aromatic heterocycles. The first-order chi connectivity index (χ1) is 10.4. The average Bonchev–Trinajstić information content (AvgIpc) is 2.48. The molecule has 0 spiro atoms. The second kappa shape index (κ2) is 9.01. The van der Waals surface area contributed by atoms with E-state index in [1.165, 1.54) is 12.1 Å². The van der Waals surface area contributed by atoms with Crippen LogP contribution in [-0.4, -0.2) is 35.5 Å². The van der Waals surface area contributed by atoms with E-state index in [4.69, 9.17) is 17.2 Å². The van der Waals surface area contributed by atoms with Crippen molar-refractivity contribution in [2.24, 2.45) is 17.2 Å². The Kier molecular flexibility index (Phi) is 7.34. The minimum absolute atomic E-state index is 0.149. The van der Waals surface area contributed by atoms with E-state index in [0.717, 1.165) is 12.0 Å². The molecule has 0 saturated heterocycles. The maximum atomic E-state index is 12.0. The molecule has 22 heavy (non-hydrogen) atoms. The van der Waals surface area contributed by atoms with Crippen molar-refractivity contribution < 1.29 is 14.7 Å². The Hall–Kier alpha value is -2.12. The van der Waals surface area contributed by atoms with Gasteiger partial charge in [0.15, 0.2) is 0 Å². The number of nitrogens with one attached hydrogen (secondary N) is 1. The van der Waals surface area contributed by atoms with Crippen LogP contribution in [0.2, 0.25) is 0 Å². The highest BCUT2D eigenvalue weighted by Gasteiger charge is 2.21. The van der Waals surface area contributed by atoms with Crippen LogP contribution in [0.5, 0.6) is 5.75 Å². The number of phenolic OH excluding ortho intramolecular Hbond substituents is 1. The molecule has 2 atom stereocenters. The van der Waals surface area contributed by atoms with Crippen molar-refractivity contribution in [1.29, 1.82) is 0 Å². The van der Waals surface area contributed by atoms with Gasteiger partial charge in [0.2, 0.25) is 11.8 Å². The molecule has 7 nitrogen and oxygen atoms in total. The van der Waals surface area contributed by atoms with E-state index >= 15 is 0 Å². The molecule has 0 fully saturated rings. The summed E-state index contributed by atoms with van der Waals surface area (Å²) < 4.78 is 0. The summed E-state index contributed by atoms with van der Waals surface area (Å²) in [5, 5.41) is 11.8. The quantitative estimate of drug-likeness (QED) is 0.385. The van der Waals surface area contributed by atoms with Crippen molar-refractivity contribution in [2.45, 2.75) is 37.8 Å². The summed E-state index contributed by atoms with van der Waals surface area (Å²) in [5.41, 5.74) is 17.3. The van der Waals surface area contributed by atoms with E-state index in [-0.39, 0.29) is 5.75 Å². The van der Waals surface area contributed by atoms with E-state index in [9.17, 15) is 14.7 Å². The highest BCUT2D eigenvalue weighted by molar-refractivity contribution is 5.89. The molecule has 8 N–H and O–H groups in total. The zero-order valence-electron chi connectivity index (χ0n) is 12.5. The van der Waals surface area contributed by atoms with Gasteiger partial charge in [-0.2, -0.15) is 0 Å². The van der Waals surface area contributed by atoms with Crippen LogP contribution in [0.15, 0.2) is 24.3 Å². The number of phenols is 1. The van der Waals surface area contributed by atoms with Gasteiger partial charge in [0.25, 0.3) is 0 Å². The molecule has 0 bridgehead atoms. The van der Waals surface area contributed by atoms with Gasteiger partial charge in [0.05, 0.1) is 6.04 Å². The zero-order chi connectivity index (χ0) is 16.5. The third kappa shape index (κ3) is 6.11. The first-order valence-corrected chi connectivity index (χ1v) is 7.27. The van der Waals surface area contributed by atoms with E-state index in [1.807, 2.05) is 0 Å². The molecule has 0 heterocycles. The number of amides is 2. The molecule has 0 aliphatic heterocycles. The van der Waals surface area contributed by atoms with E-state index in [0.29, 0.717) is 25.8 Å². The topological polar surface area (TPSA) is 144 Å². The van der Waals surface area contributed by atoms with Crippen LogP contribution in [-0.2, 0) is 16.0 Å². The van der Waals surface area contributed by atoms with Crippen LogP contribution in [0, 0.1) is 0 Å². The van der Waals surface area contributed by atoms with Gasteiger partial charge < -0.3 is 27.6 Å². The molecule has 0 radical (unpaired) electrons. The van der Waals surface area contributed by atoms with Crippen LogP contribution in [0.4, 0.5) is 0 Å². The SMILES string of the molecule is NCCCC[C@H](NC(=O)[C@@H](N)Cc1ccc(O)cc1)C(N)=O. The Morgan fingerprint density at radius 3 is 2.36 bits per heavy atom. The predicted molar refractivity (Wildman–Crippen MR) is 83.8 cm³/mol. The molecule has 0 aliphatic rings. The van der Waals surface area contributed by atoms with E-state index < -0.39 is 23.9 Å². The zero-order valence-corrected chi connectivity index (χ0v) is 12.5. The Morgan fingerprint density at radius 2 is 1.82 bits per heavy atom. The van der Waals surface area contributed by atoms with Gasteiger partial charge in [-0.05, 0) is 49.9 Å². The Bertz CT molecular complexity index is 490. The van der Waals surface area contributed by atoms with Crippen molar-refractivity contribution in [3.05, 3.63) is 29.8 Å². The Labute approximate surface area is 129 Å². The molecule has 2 amide bonds. The molecule has 0 unspecified atom stereocenters. The van der Waals surface area contributed by atoms with E-state index in [1.54, 1.807) is 12.1 Å². The van der Waals surface area contributed by atoms with Crippen molar-refractivity contribution in [3.8, 4) is 5.75 Å². The Morgan fingerprint density at radius 1 is 1.18 bits per heavy atom. The van der Waals surface area contributed by atoms with Gasteiger partial charge in [0, 0.05) is 0 Å². The molecule has 0 saturated carbocycles. The number of carbonyl (C=O) groups excluding carboxylic acids is 2. The third-order valence-electron chi connectivity index (χ3n) is 3.34. The van der Waals surface area contributed by atoms with Crippen molar-refractivity contribution in [3.63, 3.8) is 0 Å². The lowest BCUT2D eigenvalue weighted by Gasteiger charge is -2.18. The lowest BCUT2D eigenvalue weighted by Crippen LogP contribution is -2.51. The van der Waals surface area contributed by atoms with Gasteiger partial charge in [-0.1, -0.05) is 12.1 Å². The maximum absolute atomic E-state index is 12.0. The summed E-state index contributed by atoms with van der Waals surface area (Å²) in [6.07, 6.45) is 2.22. The van der Waals surface area contributed by atoms with Crippen LogP contribution in [0.25, 0.3) is 0 Å². The maximum Gasteiger partial charge on any atom is 0.240 e. The highest BCUT2D eigenvalue weighted by atomic mass is 16.3. The number of carbonyl (C=O) groups is 2. The molecular weight excluding hydrogens is 284 g/mol. The number of benzene rings is 1. The van der Waals surface area contributed by atoms with Crippen LogP contribution in [0.1, 0.15) is 24.8 Å². The summed E-state index contributed by atoms with van der Waals surface area (Å²) in [6, 6.07) is 4.91. The second-order valence-electron chi connectivity index (χ2n) is 5.23. The van der Waals surface area contributed by atoms with Crippen LogP contribution >= 0.6 is 0 Å². The third-order valence-corrected chi connectivity index (χ3v) is 3.34. The number of nitrogens with two attached hydrogens (primary N) is 3. The first kappa shape index (κ1) is 17.9.